The van der Waals surface area contributed by atoms with Crippen molar-refractivity contribution in [3.8, 4) is 6.07 Å². The number of urea groups is 1. The van der Waals surface area contributed by atoms with Gasteiger partial charge in [0.2, 0.25) is 0 Å². The van der Waals surface area contributed by atoms with Crippen molar-refractivity contribution >= 4 is 11.9 Å². The minimum atomic E-state index is -1.05. The molecule has 0 radical (unpaired) electrons. The molecule has 2 heterocycles. The molecule has 182 valence electrons. The summed E-state index contributed by atoms with van der Waals surface area (Å²) >= 11 is 0. The van der Waals surface area contributed by atoms with Crippen molar-refractivity contribution in [2.45, 2.75) is 31.2 Å². The fourth-order valence-corrected chi connectivity index (χ4v) is 4.66. The van der Waals surface area contributed by atoms with Crippen LogP contribution in [0.4, 0.5) is 13.6 Å². The maximum absolute atomic E-state index is 13.7. The highest BCUT2D eigenvalue weighted by Crippen LogP contribution is 2.30. The lowest BCUT2D eigenvalue weighted by molar-refractivity contribution is -0.117. The number of likely N-dealkylation sites (tertiary alicyclic amines) is 1. The number of piperidine rings is 1. The molecule has 2 aromatic rings. The largest absolute Gasteiger partial charge is 0.352 e. The van der Waals surface area contributed by atoms with E-state index in [1.54, 1.807) is 0 Å². The Labute approximate surface area is 202 Å². The van der Waals surface area contributed by atoms with E-state index in [1.807, 2.05) is 24.3 Å². The molecule has 2 aliphatic rings. The van der Waals surface area contributed by atoms with Crippen LogP contribution in [0.1, 0.15) is 47.9 Å². The summed E-state index contributed by atoms with van der Waals surface area (Å²) in [4.78, 5) is 26.9. The summed E-state index contributed by atoms with van der Waals surface area (Å²) in [6.07, 6.45) is 4.01. The van der Waals surface area contributed by atoms with Gasteiger partial charge in [0.1, 0.15) is 0 Å². The van der Waals surface area contributed by atoms with Gasteiger partial charge < -0.3 is 20.9 Å². The number of nitrogens with one attached hydrogen (secondary N) is 3. The van der Waals surface area contributed by atoms with Crippen LogP contribution in [0, 0.1) is 23.0 Å². The van der Waals surface area contributed by atoms with Gasteiger partial charge in [0.05, 0.1) is 23.2 Å². The van der Waals surface area contributed by atoms with E-state index in [-0.39, 0.29) is 17.0 Å². The van der Waals surface area contributed by atoms with Gasteiger partial charge in [0, 0.05) is 12.7 Å². The maximum atomic E-state index is 13.7. The highest BCUT2D eigenvalue weighted by atomic mass is 19.2. The van der Waals surface area contributed by atoms with E-state index in [9.17, 15) is 23.6 Å². The van der Waals surface area contributed by atoms with Crippen molar-refractivity contribution in [2.75, 3.05) is 26.2 Å². The summed E-state index contributed by atoms with van der Waals surface area (Å²) in [5.41, 5.74) is 2.37. The Bertz CT molecular complexity index is 1170. The zero-order valence-corrected chi connectivity index (χ0v) is 19.2. The molecule has 1 saturated heterocycles. The Morgan fingerprint density at radius 1 is 1.14 bits per heavy atom. The minimum absolute atomic E-state index is 0.215. The molecule has 0 spiro atoms. The monoisotopic (exact) mass is 479 g/mol. The normalized spacial score (nSPS) is 18.7. The van der Waals surface area contributed by atoms with Crippen molar-refractivity contribution in [1.82, 2.24) is 20.9 Å². The predicted molar refractivity (Wildman–Crippen MR) is 126 cm³/mol. The third kappa shape index (κ3) is 5.84. The molecule has 1 atom stereocenters. The standard InChI is InChI=1S/C26H27F2N5O2/c27-22-7-6-18(14-23(22)28)24-21(16-31-26(35)32-24)25(34)30-10-3-11-33-12-8-17(9-13-33)20-5-2-1-4-19(20)15-29/h1-2,4-7,14,16-17,24H,3,8-13H2,(H,30,34)(H2,31,32,35)/t24-/m1/s1. The van der Waals surface area contributed by atoms with Crippen molar-refractivity contribution in [3.05, 3.63) is 82.6 Å². The molecule has 0 unspecified atom stereocenters. The first-order valence-corrected chi connectivity index (χ1v) is 11.7. The number of nitriles is 1. The van der Waals surface area contributed by atoms with E-state index in [1.165, 1.54) is 12.3 Å². The molecule has 9 heteroatoms. The summed E-state index contributed by atoms with van der Waals surface area (Å²) in [6.45, 7) is 3.12. The van der Waals surface area contributed by atoms with Gasteiger partial charge in [-0.25, -0.2) is 13.6 Å². The molecule has 4 rings (SSSR count). The summed E-state index contributed by atoms with van der Waals surface area (Å²) in [5.74, 6) is -2.05. The smallest absolute Gasteiger partial charge is 0.319 e. The molecular weight excluding hydrogens is 452 g/mol. The summed E-state index contributed by atoms with van der Waals surface area (Å²) in [6, 6.07) is 11.9. The van der Waals surface area contributed by atoms with Crippen LogP contribution < -0.4 is 16.0 Å². The van der Waals surface area contributed by atoms with Gasteiger partial charge in [-0.15, -0.1) is 0 Å². The topological polar surface area (TPSA) is 97.3 Å². The Balaban J connectivity index is 1.25. The number of nitrogens with zero attached hydrogens (tertiary/aromatic N) is 2. The van der Waals surface area contributed by atoms with Crippen LogP contribution in [0.15, 0.2) is 54.2 Å². The number of carbonyl (C=O) groups is 2. The highest BCUT2D eigenvalue weighted by molar-refractivity contribution is 5.97. The molecule has 3 amide bonds. The van der Waals surface area contributed by atoms with E-state index in [4.69, 9.17) is 0 Å². The van der Waals surface area contributed by atoms with Crippen LogP contribution in [0.3, 0.4) is 0 Å². The van der Waals surface area contributed by atoms with Gasteiger partial charge in [-0.1, -0.05) is 24.3 Å². The fourth-order valence-electron chi connectivity index (χ4n) is 4.66. The second-order valence-corrected chi connectivity index (χ2v) is 8.75. The van der Waals surface area contributed by atoms with Crippen LogP contribution in [-0.4, -0.2) is 43.0 Å². The lowest BCUT2D eigenvalue weighted by Gasteiger charge is -2.32. The summed E-state index contributed by atoms with van der Waals surface area (Å²) < 4.78 is 27.0. The predicted octanol–water partition coefficient (Wildman–Crippen LogP) is 3.46. The second kappa shape index (κ2) is 11.1. The molecule has 2 aromatic carbocycles. The number of hydrogen-bond donors (Lipinski definition) is 3. The van der Waals surface area contributed by atoms with E-state index in [0.29, 0.717) is 12.5 Å². The Morgan fingerprint density at radius 2 is 1.91 bits per heavy atom. The fraction of sp³-hybridized carbons (Fsp3) is 0.346. The average molecular weight is 480 g/mol. The van der Waals surface area contributed by atoms with Crippen molar-refractivity contribution in [2.24, 2.45) is 0 Å². The molecule has 1 fully saturated rings. The molecule has 0 aliphatic carbocycles. The highest BCUT2D eigenvalue weighted by Gasteiger charge is 2.29. The molecular formula is C26H27F2N5O2. The average Bonchev–Trinajstić information content (AvgIpc) is 2.88. The quantitative estimate of drug-likeness (QED) is 0.530. The van der Waals surface area contributed by atoms with Crippen LogP contribution in [0.2, 0.25) is 0 Å². The molecule has 0 bridgehead atoms. The molecule has 0 saturated carbocycles. The summed E-state index contributed by atoms with van der Waals surface area (Å²) in [7, 11) is 0. The lowest BCUT2D eigenvalue weighted by Crippen LogP contribution is -2.45. The van der Waals surface area contributed by atoms with E-state index in [0.717, 1.165) is 62.2 Å². The van der Waals surface area contributed by atoms with Crippen molar-refractivity contribution in [3.63, 3.8) is 0 Å². The maximum Gasteiger partial charge on any atom is 0.319 e. The SMILES string of the molecule is N#Cc1ccccc1C1CCN(CCCNC(=O)C2=CNC(=O)N[C@@H]2c2ccc(F)c(F)c2)CC1. The Kier molecular flexibility index (Phi) is 7.73. The van der Waals surface area contributed by atoms with Crippen molar-refractivity contribution < 1.29 is 18.4 Å². The number of rotatable bonds is 7. The van der Waals surface area contributed by atoms with Gasteiger partial charge in [-0.2, -0.15) is 5.26 Å². The first-order valence-electron chi connectivity index (χ1n) is 11.7. The molecule has 35 heavy (non-hydrogen) atoms. The molecule has 3 N–H and O–H groups in total. The van der Waals surface area contributed by atoms with E-state index >= 15 is 0 Å². The van der Waals surface area contributed by atoms with E-state index in [2.05, 4.69) is 26.9 Å². The van der Waals surface area contributed by atoms with E-state index < -0.39 is 23.7 Å². The number of carbonyl (C=O) groups excluding carboxylic acids is 2. The molecule has 7 nitrogen and oxygen atoms in total. The number of hydrogen-bond acceptors (Lipinski definition) is 4. The summed E-state index contributed by atoms with van der Waals surface area (Å²) in [5, 5.41) is 17.2. The number of halogens is 2. The molecule has 0 aromatic heterocycles. The zero-order chi connectivity index (χ0) is 24.8. The first-order chi connectivity index (χ1) is 17.0. The third-order valence-electron chi connectivity index (χ3n) is 6.53. The van der Waals surface area contributed by atoms with Gasteiger partial charge in [-0.3, -0.25) is 4.79 Å². The number of amides is 3. The lowest BCUT2D eigenvalue weighted by atomic mass is 9.87. The zero-order valence-electron chi connectivity index (χ0n) is 19.2. The van der Waals surface area contributed by atoms with Crippen LogP contribution in [-0.2, 0) is 4.79 Å². The van der Waals surface area contributed by atoms with Crippen LogP contribution in [0.25, 0.3) is 0 Å². The number of benzene rings is 2. The van der Waals surface area contributed by atoms with Gasteiger partial charge in [0.25, 0.3) is 5.91 Å². The Hall–Kier alpha value is -3.77. The molecule has 2 aliphatic heterocycles. The minimum Gasteiger partial charge on any atom is -0.352 e. The van der Waals surface area contributed by atoms with Crippen LogP contribution in [0.5, 0.6) is 0 Å². The Morgan fingerprint density at radius 3 is 2.66 bits per heavy atom. The van der Waals surface area contributed by atoms with Gasteiger partial charge in [0.15, 0.2) is 11.6 Å². The second-order valence-electron chi connectivity index (χ2n) is 8.75. The van der Waals surface area contributed by atoms with Gasteiger partial charge >= 0.3 is 6.03 Å². The van der Waals surface area contributed by atoms with Crippen molar-refractivity contribution in [1.29, 1.82) is 5.26 Å². The van der Waals surface area contributed by atoms with Gasteiger partial charge in [-0.05, 0) is 74.1 Å². The third-order valence-corrected chi connectivity index (χ3v) is 6.53. The first kappa shape index (κ1) is 24.4. The van der Waals surface area contributed by atoms with Crippen LogP contribution >= 0.6 is 0 Å².